The third-order valence-corrected chi connectivity index (χ3v) is 2.93. The van der Waals surface area contributed by atoms with Gasteiger partial charge in [-0.3, -0.25) is 0 Å². The quantitative estimate of drug-likeness (QED) is 0.745. The van der Waals surface area contributed by atoms with E-state index in [1.54, 1.807) is 14.2 Å². The highest BCUT2D eigenvalue weighted by molar-refractivity contribution is 9.10. The predicted molar refractivity (Wildman–Crippen MR) is 73.1 cm³/mol. The van der Waals surface area contributed by atoms with Crippen LogP contribution in [0.15, 0.2) is 22.7 Å². The normalized spacial score (nSPS) is 12.4. The molecule has 1 rings (SSSR count). The lowest BCUT2D eigenvalue weighted by molar-refractivity contribution is 0.0135. The Labute approximate surface area is 116 Å². The van der Waals surface area contributed by atoms with E-state index in [0.29, 0.717) is 26.2 Å². The minimum atomic E-state index is -0.551. The van der Waals surface area contributed by atoms with Crippen molar-refractivity contribution in [1.82, 2.24) is 0 Å². The zero-order valence-electron chi connectivity index (χ0n) is 10.7. The van der Waals surface area contributed by atoms with Crippen LogP contribution in [0.5, 0.6) is 5.75 Å². The zero-order valence-corrected chi connectivity index (χ0v) is 12.3. The van der Waals surface area contributed by atoms with Gasteiger partial charge >= 0.3 is 0 Å². The summed E-state index contributed by atoms with van der Waals surface area (Å²) in [5, 5.41) is 9.88. The molecule has 1 atom stereocenters. The minimum Gasteiger partial charge on any atom is -0.496 e. The van der Waals surface area contributed by atoms with Gasteiger partial charge in [0.25, 0.3) is 0 Å². The third kappa shape index (κ3) is 5.35. The van der Waals surface area contributed by atoms with Crippen LogP contribution in [0.4, 0.5) is 0 Å². The Balaban J connectivity index is 2.47. The molecule has 5 heteroatoms. The van der Waals surface area contributed by atoms with E-state index in [-0.39, 0.29) is 0 Å². The standard InChI is InChI=1S/C13H19BrO4/c1-16-5-6-18-9-12(15)8-10-7-11(14)3-4-13(10)17-2/h3-4,7,12,15H,5-6,8-9H2,1-2H3. The molecule has 1 aromatic carbocycles. The number of ether oxygens (including phenoxy) is 3. The fraction of sp³-hybridized carbons (Fsp3) is 0.538. The molecule has 4 nitrogen and oxygen atoms in total. The average molecular weight is 319 g/mol. The summed E-state index contributed by atoms with van der Waals surface area (Å²) in [7, 11) is 3.24. The summed E-state index contributed by atoms with van der Waals surface area (Å²) in [6.07, 6.45) is -0.0552. The van der Waals surface area contributed by atoms with Crippen LogP contribution >= 0.6 is 15.9 Å². The van der Waals surface area contributed by atoms with Gasteiger partial charge in [-0.05, 0) is 23.8 Å². The number of methoxy groups -OCH3 is 2. The molecule has 0 amide bonds. The van der Waals surface area contributed by atoms with E-state index >= 15 is 0 Å². The molecular weight excluding hydrogens is 300 g/mol. The highest BCUT2D eigenvalue weighted by Gasteiger charge is 2.10. The van der Waals surface area contributed by atoms with E-state index < -0.39 is 6.10 Å². The molecule has 102 valence electrons. The summed E-state index contributed by atoms with van der Waals surface area (Å²) < 4.78 is 16.4. The second kappa shape index (κ2) is 8.48. The summed E-state index contributed by atoms with van der Waals surface area (Å²) in [5.74, 6) is 0.772. The van der Waals surface area contributed by atoms with Gasteiger partial charge in [-0.25, -0.2) is 0 Å². The minimum absolute atomic E-state index is 0.291. The maximum atomic E-state index is 9.88. The van der Waals surface area contributed by atoms with Gasteiger partial charge in [0.2, 0.25) is 0 Å². The number of hydrogen-bond acceptors (Lipinski definition) is 4. The molecule has 18 heavy (non-hydrogen) atoms. The number of rotatable bonds is 8. The van der Waals surface area contributed by atoms with E-state index in [2.05, 4.69) is 15.9 Å². The lowest BCUT2D eigenvalue weighted by atomic mass is 10.1. The Morgan fingerprint density at radius 3 is 2.72 bits per heavy atom. The number of benzene rings is 1. The largest absolute Gasteiger partial charge is 0.496 e. The zero-order chi connectivity index (χ0) is 13.4. The van der Waals surface area contributed by atoms with Gasteiger partial charge < -0.3 is 19.3 Å². The molecule has 0 fully saturated rings. The smallest absolute Gasteiger partial charge is 0.122 e. The molecule has 1 N–H and O–H groups in total. The Bertz CT molecular complexity index is 357. The van der Waals surface area contributed by atoms with E-state index in [4.69, 9.17) is 14.2 Å². The third-order valence-electron chi connectivity index (χ3n) is 2.44. The first-order chi connectivity index (χ1) is 8.67. The highest BCUT2D eigenvalue weighted by Crippen LogP contribution is 2.24. The van der Waals surface area contributed by atoms with Gasteiger partial charge in [-0.1, -0.05) is 15.9 Å². The van der Waals surface area contributed by atoms with Crippen molar-refractivity contribution in [1.29, 1.82) is 0 Å². The van der Waals surface area contributed by atoms with Crippen LogP contribution in [0, 0.1) is 0 Å². The lowest BCUT2D eigenvalue weighted by Crippen LogP contribution is -2.20. The van der Waals surface area contributed by atoms with Gasteiger partial charge in [0.05, 0.1) is 33.0 Å². The summed E-state index contributed by atoms with van der Waals surface area (Å²) >= 11 is 3.40. The van der Waals surface area contributed by atoms with Crippen molar-refractivity contribution in [3.05, 3.63) is 28.2 Å². The summed E-state index contributed by atoms with van der Waals surface area (Å²) in [6.45, 7) is 1.31. The second-order valence-electron chi connectivity index (χ2n) is 3.88. The molecule has 0 radical (unpaired) electrons. The van der Waals surface area contributed by atoms with Crippen molar-refractivity contribution < 1.29 is 19.3 Å². The molecular formula is C13H19BrO4. The van der Waals surface area contributed by atoms with Crippen LogP contribution in [0.25, 0.3) is 0 Å². The van der Waals surface area contributed by atoms with Crippen molar-refractivity contribution in [2.75, 3.05) is 34.0 Å². The van der Waals surface area contributed by atoms with Crippen LogP contribution < -0.4 is 4.74 Å². The van der Waals surface area contributed by atoms with Crippen LogP contribution in [-0.4, -0.2) is 45.3 Å². The molecule has 0 aliphatic rings. The first-order valence-electron chi connectivity index (χ1n) is 5.74. The van der Waals surface area contributed by atoms with E-state index in [1.165, 1.54) is 0 Å². The Morgan fingerprint density at radius 1 is 1.28 bits per heavy atom. The first kappa shape index (κ1) is 15.4. The predicted octanol–water partition coefficient (Wildman–Crippen LogP) is 2.02. The summed E-state index contributed by atoms with van der Waals surface area (Å²) in [6, 6.07) is 5.72. The molecule has 0 aromatic heterocycles. The average Bonchev–Trinajstić information content (AvgIpc) is 2.35. The summed E-state index contributed by atoms with van der Waals surface area (Å²) in [5.41, 5.74) is 0.953. The Morgan fingerprint density at radius 2 is 2.06 bits per heavy atom. The van der Waals surface area contributed by atoms with Crippen LogP contribution in [-0.2, 0) is 15.9 Å². The molecule has 0 aliphatic heterocycles. The maximum absolute atomic E-state index is 9.88. The van der Waals surface area contributed by atoms with Gasteiger partial charge in [0, 0.05) is 18.0 Å². The second-order valence-corrected chi connectivity index (χ2v) is 4.80. The van der Waals surface area contributed by atoms with Gasteiger partial charge in [-0.2, -0.15) is 0 Å². The molecule has 1 aromatic rings. The highest BCUT2D eigenvalue weighted by atomic mass is 79.9. The van der Waals surface area contributed by atoms with Gasteiger partial charge in [0.1, 0.15) is 5.75 Å². The first-order valence-corrected chi connectivity index (χ1v) is 6.53. The molecule has 0 saturated heterocycles. The Hall–Kier alpha value is -0.620. The molecule has 0 aliphatic carbocycles. The molecule has 0 saturated carbocycles. The van der Waals surface area contributed by atoms with E-state index in [1.807, 2.05) is 18.2 Å². The molecule has 1 unspecified atom stereocenters. The fourth-order valence-corrected chi connectivity index (χ4v) is 1.99. The number of hydrogen-bond donors (Lipinski definition) is 1. The van der Waals surface area contributed by atoms with Gasteiger partial charge in [-0.15, -0.1) is 0 Å². The molecule has 0 spiro atoms. The fourth-order valence-electron chi connectivity index (χ4n) is 1.58. The van der Waals surface area contributed by atoms with Gasteiger partial charge in [0.15, 0.2) is 0 Å². The van der Waals surface area contributed by atoms with Crippen molar-refractivity contribution in [2.45, 2.75) is 12.5 Å². The number of halogens is 1. The number of aliphatic hydroxyl groups is 1. The lowest BCUT2D eigenvalue weighted by Gasteiger charge is -2.14. The van der Waals surface area contributed by atoms with E-state index in [0.717, 1.165) is 15.8 Å². The monoisotopic (exact) mass is 318 g/mol. The molecule has 0 heterocycles. The van der Waals surface area contributed by atoms with Crippen molar-refractivity contribution >= 4 is 15.9 Å². The topological polar surface area (TPSA) is 47.9 Å². The van der Waals surface area contributed by atoms with Crippen LogP contribution in [0.2, 0.25) is 0 Å². The molecule has 0 bridgehead atoms. The number of aliphatic hydroxyl groups excluding tert-OH is 1. The van der Waals surface area contributed by atoms with Crippen molar-refractivity contribution in [3.63, 3.8) is 0 Å². The van der Waals surface area contributed by atoms with Crippen LogP contribution in [0.3, 0.4) is 0 Å². The van der Waals surface area contributed by atoms with E-state index in [9.17, 15) is 5.11 Å². The van der Waals surface area contributed by atoms with Crippen molar-refractivity contribution in [2.24, 2.45) is 0 Å². The van der Waals surface area contributed by atoms with Crippen molar-refractivity contribution in [3.8, 4) is 5.75 Å². The SMILES string of the molecule is COCCOCC(O)Cc1cc(Br)ccc1OC. The maximum Gasteiger partial charge on any atom is 0.122 e. The Kier molecular flexibility index (Phi) is 7.27. The summed E-state index contributed by atoms with van der Waals surface area (Å²) in [4.78, 5) is 0. The van der Waals surface area contributed by atoms with Crippen LogP contribution in [0.1, 0.15) is 5.56 Å².